The Morgan fingerprint density at radius 2 is 1.81 bits per heavy atom. The molecule has 1 N–H and O–H groups in total. The highest BCUT2D eigenvalue weighted by Gasteiger charge is 2.06. The second kappa shape index (κ2) is 7.11. The van der Waals surface area contributed by atoms with Gasteiger partial charge in [0.2, 0.25) is 0 Å². The van der Waals surface area contributed by atoms with Gasteiger partial charge in [-0.1, -0.05) is 24.6 Å². The van der Waals surface area contributed by atoms with Gasteiger partial charge in [-0.05, 0) is 56.0 Å². The van der Waals surface area contributed by atoms with Crippen molar-refractivity contribution in [1.29, 1.82) is 0 Å². The normalized spacial score (nSPS) is 10.5. The van der Waals surface area contributed by atoms with E-state index in [-0.39, 0.29) is 0 Å². The van der Waals surface area contributed by atoms with Crippen molar-refractivity contribution in [1.82, 2.24) is 4.98 Å². The Hall–Kier alpha value is -2.03. The number of nitrogens with one attached hydrogen (secondary N) is 1. The molecular weight excluding hydrogens is 260 g/mol. The minimum atomic E-state index is 0.564. The summed E-state index contributed by atoms with van der Waals surface area (Å²) in [7, 11) is 0. The Kier molecular flexibility index (Phi) is 5.20. The lowest BCUT2D eigenvalue weighted by Gasteiger charge is -2.13. The lowest BCUT2D eigenvalue weighted by molar-refractivity contribution is 0.302. The third kappa shape index (κ3) is 4.22. The van der Waals surface area contributed by atoms with E-state index in [2.05, 4.69) is 56.2 Å². The molecule has 0 amide bonds. The first-order valence-electron chi connectivity index (χ1n) is 7.49. The molecule has 1 aromatic carbocycles. The average molecular weight is 284 g/mol. The van der Waals surface area contributed by atoms with Crippen molar-refractivity contribution in [3.63, 3.8) is 0 Å². The highest BCUT2D eigenvalue weighted by Crippen LogP contribution is 2.25. The van der Waals surface area contributed by atoms with Gasteiger partial charge >= 0.3 is 0 Å². The van der Waals surface area contributed by atoms with E-state index < -0.39 is 0 Å². The van der Waals surface area contributed by atoms with Crippen molar-refractivity contribution >= 4 is 5.82 Å². The summed E-state index contributed by atoms with van der Waals surface area (Å²) in [5.74, 6) is 1.90. The first kappa shape index (κ1) is 15.4. The molecule has 0 atom stereocenters. The molecule has 3 heteroatoms. The zero-order valence-electron chi connectivity index (χ0n) is 13.4. The smallest absolute Gasteiger partial charge is 0.126 e. The standard InChI is InChI=1S/C18H24N2O/c1-5-7-19-17-11-16(6-8-20-17)12-21-18-14(3)9-13(2)10-15(18)4/h6,8-11H,5,7,12H2,1-4H3,(H,19,20). The zero-order valence-corrected chi connectivity index (χ0v) is 13.4. The summed E-state index contributed by atoms with van der Waals surface area (Å²) in [6.45, 7) is 9.94. The number of rotatable bonds is 6. The van der Waals surface area contributed by atoms with Gasteiger partial charge in [0.25, 0.3) is 0 Å². The molecule has 0 aliphatic heterocycles. The molecule has 0 spiro atoms. The second-order valence-electron chi connectivity index (χ2n) is 5.49. The van der Waals surface area contributed by atoms with Crippen LogP contribution in [-0.4, -0.2) is 11.5 Å². The maximum Gasteiger partial charge on any atom is 0.126 e. The van der Waals surface area contributed by atoms with Gasteiger partial charge in [0.15, 0.2) is 0 Å². The molecular formula is C18H24N2O. The molecule has 0 saturated heterocycles. The van der Waals surface area contributed by atoms with Crippen LogP contribution in [0.3, 0.4) is 0 Å². The van der Waals surface area contributed by atoms with E-state index >= 15 is 0 Å². The van der Waals surface area contributed by atoms with Crippen molar-refractivity contribution in [2.45, 2.75) is 40.7 Å². The molecule has 21 heavy (non-hydrogen) atoms. The van der Waals surface area contributed by atoms with Crippen LogP contribution in [0.25, 0.3) is 0 Å². The number of anilines is 1. The molecule has 1 aromatic heterocycles. The zero-order chi connectivity index (χ0) is 15.2. The fourth-order valence-corrected chi connectivity index (χ4v) is 2.46. The maximum atomic E-state index is 6.01. The van der Waals surface area contributed by atoms with Crippen LogP contribution in [-0.2, 0) is 6.61 Å². The molecule has 0 aliphatic carbocycles. The predicted octanol–water partition coefficient (Wildman–Crippen LogP) is 4.41. The Morgan fingerprint density at radius 3 is 2.48 bits per heavy atom. The van der Waals surface area contributed by atoms with Crippen LogP contribution >= 0.6 is 0 Å². The summed E-state index contributed by atoms with van der Waals surface area (Å²) >= 11 is 0. The molecule has 0 aliphatic rings. The third-order valence-corrected chi connectivity index (χ3v) is 3.37. The highest BCUT2D eigenvalue weighted by atomic mass is 16.5. The third-order valence-electron chi connectivity index (χ3n) is 3.37. The fourth-order valence-electron chi connectivity index (χ4n) is 2.46. The van der Waals surface area contributed by atoms with Crippen LogP contribution in [0.1, 0.15) is 35.6 Å². The van der Waals surface area contributed by atoms with E-state index in [1.54, 1.807) is 0 Å². The summed E-state index contributed by atoms with van der Waals surface area (Å²) < 4.78 is 6.01. The van der Waals surface area contributed by atoms with Crippen LogP contribution < -0.4 is 10.1 Å². The van der Waals surface area contributed by atoms with Gasteiger partial charge in [0.1, 0.15) is 18.2 Å². The Bertz CT molecular complexity index is 585. The lowest BCUT2D eigenvalue weighted by atomic mass is 10.1. The van der Waals surface area contributed by atoms with E-state index in [1.165, 1.54) is 16.7 Å². The summed E-state index contributed by atoms with van der Waals surface area (Å²) in [5, 5.41) is 3.30. The number of benzene rings is 1. The number of aromatic nitrogens is 1. The molecule has 2 rings (SSSR count). The predicted molar refractivity (Wildman–Crippen MR) is 88.0 cm³/mol. The summed E-state index contributed by atoms with van der Waals surface area (Å²) in [4.78, 5) is 4.31. The van der Waals surface area contributed by atoms with Gasteiger partial charge in [-0.25, -0.2) is 4.98 Å². The van der Waals surface area contributed by atoms with Crippen molar-refractivity contribution < 1.29 is 4.74 Å². The van der Waals surface area contributed by atoms with E-state index in [4.69, 9.17) is 4.74 Å². The number of nitrogens with zero attached hydrogens (tertiary/aromatic N) is 1. The van der Waals surface area contributed by atoms with Crippen molar-refractivity contribution in [3.8, 4) is 5.75 Å². The second-order valence-corrected chi connectivity index (χ2v) is 5.49. The van der Waals surface area contributed by atoms with E-state index in [0.717, 1.165) is 30.1 Å². The molecule has 0 radical (unpaired) electrons. The summed E-state index contributed by atoms with van der Waals surface area (Å²) in [5.41, 5.74) is 4.77. The quantitative estimate of drug-likeness (QED) is 0.853. The monoisotopic (exact) mass is 284 g/mol. The van der Waals surface area contributed by atoms with Gasteiger partial charge in [0, 0.05) is 12.7 Å². The van der Waals surface area contributed by atoms with Crippen molar-refractivity contribution in [2.75, 3.05) is 11.9 Å². The van der Waals surface area contributed by atoms with E-state index in [1.807, 2.05) is 12.3 Å². The van der Waals surface area contributed by atoms with Crippen molar-refractivity contribution in [3.05, 3.63) is 52.7 Å². The molecule has 0 fully saturated rings. The summed E-state index contributed by atoms with van der Waals surface area (Å²) in [6.07, 6.45) is 2.91. The van der Waals surface area contributed by atoms with Gasteiger partial charge in [0.05, 0.1) is 0 Å². The van der Waals surface area contributed by atoms with Gasteiger partial charge in [-0.3, -0.25) is 0 Å². The summed E-state index contributed by atoms with van der Waals surface area (Å²) in [6, 6.07) is 8.36. The molecule has 0 bridgehead atoms. The van der Waals surface area contributed by atoms with E-state index in [9.17, 15) is 0 Å². The lowest BCUT2D eigenvalue weighted by Crippen LogP contribution is -2.04. The number of hydrogen-bond acceptors (Lipinski definition) is 3. The topological polar surface area (TPSA) is 34.1 Å². The van der Waals surface area contributed by atoms with Crippen molar-refractivity contribution in [2.24, 2.45) is 0 Å². The molecule has 3 nitrogen and oxygen atoms in total. The van der Waals surface area contributed by atoms with Gasteiger partial charge < -0.3 is 10.1 Å². The number of hydrogen-bond donors (Lipinski definition) is 1. The van der Waals surface area contributed by atoms with E-state index in [0.29, 0.717) is 6.61 Å². The maximum absolute atomic E-state index is 6.01. The first-order chi connectivity index (χ1) is 10.1. The minimum absolute atomic E-state index is 0.564. The molecule has 112 valence electrons. The van der Waals surface area contributed by atoms with Gasteiger partial charge in [-0.15, -0.1) is 0 Å². The molecule has 2 aromatic rings. The molecule has 0 saturated carbocycles. The van der Waals surface area contributed by atoms with Crippen LogP contribution in [0.5, 0.6) is 5.75 Å². The Labute approximate surface area is 127 Å². The SMILES string of the molecule is CCCNc1cc(COc2c(C)cc(C)cc2C)ccn1. The van der Waals surface area contributed by atoms with Gasteiger partial charge in [-0.2, -0.15) is 0 Å². The Balaban J connectivity index is 2.06. The number of pyridine rings is 1. The average Bonchev–Trinajstić information content (AvgIpc) is 2.44. The largest absolute Gasteiger partial charge is 0.488 e. The van der Waals surface area contributed by atoms with Crippen LogP contribution in [0, 0.1) is 20.8 Å². The van der Waals surface area contributed by atoms with Crippen LogP contribution in [0.15, 0.2) is 30.5 Å². The number of aryl methyl sites for hydroxylation is 3. The minimum Gasteiger partial charge on any atom is -0.488 e. The fraction of sp³-hybridized carbons (Fsp3) is 0.389. The molecule has 0 unspecified atom stereocenters. The Morgan fingerprint density at radius 1 is 1.10 bits per heavy atom. The van der Waals surface area contributed by atoms with Crippen LogP contribution in [0.2, 0.25) is 0 Å². The van der Waals surface area contributed by atoms with Crippen LogP contribution in [0.4, 0.5) is 5.82 Å². The number of ether oxygens (including phenoxy) is 1. The molecule has 1 heterocycles. The first-order valence-corrected chi connectivity index (χ1v) is 7.49. The highest BCUT2D eigenvalue weighted by molar-refractivity contribution is 5.43.